The van der Waals surface area contributed by atoms with Crippen LogP contribution in [0.2, 0.25) is 0 Å². The maximum Gasteiger partial charge on any atom is 0.149 e. The average molecular weight is 301 g/mol. The summed E-state index contributed by atoms with van der Waals surface area (Å²) in [5.41, 5.74) is 3.32. The lowest BCUT2D eigenvalue weighted by Gasteiger charge is -2.13. The molecule has 5 nitrogen and oxygen atoms in total. The highest BCUT2D eigenvalue weighted by Gasteiger charge is 2.17. The van der Waals surface area contributed by atoms with Crippen LogP contribution in [0.5, 0.6) is 0 Å². The smallest absolute Gasteiger partial charge is 0.149 e. The summed E-state index contributed by atoms with van der Waals surface area (Å²) in [5.74, 6) is 0.519. The summed E-state index contributed by atoms with van der Waals surface area (Å²) in [6.07, 6.45) is 2.38. The van der Waals surface area contributed by atoms with E-state index in [-0.39, 0.29) is 5.75 Å². The van der Waals surface area contributed by atoms with Crippen LogP contribution in [0.1, 0.15) is 43.1 Å². The molecule has 1 atom stereocenters. The second-order valence-corrected chi connectivity index (χ2v) is 7.80. The van der Waals surface area contributed by atoms with E-state index in [1.54, 1.807) is 0 Å². The minimum atomic E-state index is -2.95. The first-order valence-corrected chi connectivity index (χ1v) is 9.24. The molecular formula is C14H27N3O2S. The van der Waals surface area contributed by atoms with Crippen LogP contribution in [-0.4, -0.2) is 43.3 Å². The predicted molar refractivity (Wildman–Crippen MR) is 83.0 cm³/mol. The van der Waals surface area contributed by atoms with Crippen molar-refractivity contribution < 1.29 is 8.42 Å². The summed E-state index contributed by atoms with van der Waals surface area (Å²) in [6, 6.07) is 0. The van der Waals surface area contributed by atoms with Crippen molar-refractivity contribution in [2.75, 3.05) is 25.1 Å². The predicted octanol–water partition coefficient (Wildman–Crippen LogP) is 1.65. The van der Waals surface area contributed by atoms with Gasteiger partial charge in [0, 0.05) is 18.5 Å². The Bertz CT molecular complexity index is 535. The fraction of sp³-hybridized carbons (Fsp3) is 0.786. The van der Waals surface area contributed by atoms with Gasteiger partial charge in [-0.1, -0.05) is 13.8 Å². The van der Waals surface area contributed by atoms with Gasteiger partial charge in [-0.3, -0.25) is 4.68 Å². The van der Waals surface area contributed by atoms with Crippen LogP contribution in [0, 0.1) is 13.8 Å². The molecule has 0 radical (unpaired) electrons. The van der Waals surface area contributed by atoms with Crippen LogP contribution in [-0.2, 0) is 16.4 Å². The van der Waals surface area contributed by atoms with Crippen molar-refractivity contribution in [2.45, 2.75) is 46.6 Å². The molecule has 1 N–H and O–H groups in total. The summed E-state index contributed by atoms with van der Waals surface area (Å²) in [7, 11) is -2.95. The van der Waals surface area contributed by atoms with Gasteiger partial charge in [0.15, 0.2) is 0 Å². The Morgan fingerprint density at radius 2 is 2.00 bits per heavy atom. The van der Waals surface area contributed by atoms with Crippen LogP contribution < -0.4 is 5.32 Å². The SMILES string of the molecule is CCCNCC(C)c1c(C)nn(CCS(C)(=O)=O)c1C. The molecule has 20 heavy (non-hydrogen) atoms. The van der Waals surface area contributed by atoms with Gasteiger partial charge in [0.2, 0.25) is 0 Å². The van der Waals surface area contributed by atoms with Gasteiger partial charge in [-0.15, -0.1) is 0 Å². The van der Waals surface area contributed by atoms with E-state index in [2.05, 4.69) is 24.3 Å². The molecule has 0 fully saturated rings. The van der Waals surface area contributed by atoms with Gasteiger partial charge in [-0.2, -0.15) is 5.10 Å². The topological polar surface area (TPSA) is 64.0 Å². The normalized spacial score (nSPS) is 13.7. The second-order valence-electron chi connectivity index (χ2n) is 5.54. The van der Waals surface area contributed by atoms with Crippen molar-refractivity contribution in [3.8, 4) is 0 Å². The lowest BCUT2D eigenvalue weighted by atomic mass is 9.99. The number of rotatable bonds is 8. The highest BCUT2D eigenvalue weighted by Crippen LogP contribution is 2.22. The molecule has 1 rings (SSSR count). The molecule has 0 spiro atoms. The zero-order chi connectivity index (χ0) is 15.3. The molecule has 0 amide bonds. The van der Waals surface area contributed by atoms with Gasteiger partial charge in [-0.25, -0.2) is 8.42 Å². The van der Waals surface area contributed by atoms with Gasteiger partial charge in [-0.05, 0) is 38.3 Å². The third kappa shape index (κ3) is 4.90. The van der Waals surface area contributed by atoms with Gasteiger partial charge in [0.05, 0.1) is 18.0 Å². The number of hydrogen-bond donors (Lipinski definition) is 1. The largest absolute Gasteiger partial charge is 0.316 e. The highest BCUT2D eigenvalue weighted by atomic mass is 32.2. The number of hydrogen-bond acceptors (Lipinski definition) is 4. The lowest BCUT2D eigenvalue weighted by molar-refractivity contribution is 0.579. The molecule has 0 saturated carbocycles. The Balaban J connectivity index is 2.80. The fourth-order valence-corrected chi connectivity index (χ4v) is 3.00. The van der Waals surface area contributed by atoms with Crippen molar-refractivity contribution in [1.82, 2.24) is 15.1 Å². The number of aromatic nitrogens is 2. The third-order valence-electron chi connectivity index (χ3n) is 3.48. The zero-order valence-electron chi connectivity index (χ0n) is 13.2. The molecule has 1 unspecified atom stereocenters. The first-order chi connectivity index (χ1) is 9.26. The molecule has 0 aromatic carbocycles. The molecule has 0 aliphatic carbocycles. The number of aryl methyl sites for hydroxylation is 2. The van der Waals surface area contributed by atoms with Crippen molar-refractivity contribution >= 4 is 9.84 Å². The second kappa shape index (κ2) is 7.22. The first kappa shape index (κ1) is 17.2. The average Bonchev–Trinajstić information content (AvgIpc) is 2.61. The number of sulfone groups is 1. The van der Waals surface area contributed by atoms with Gasteiger partial charge in [0.1, 0.15) is 9.84 Å². The van der Waals surface area contributed by atoms with E-state index in [1.807, 2.05) is 18.5 Å². The van der Waals surface area contributed by atoms with Crippen molar-refractivity contribution in [3.63, 3.8) is 0 Å². The summed E-state index contributed by atoms with van der Waals surface area (Å²) in [6.45, 7) is 10.7. The molecule has 1 heterocycles. The van der Waals surface area contributed by atoms with E-state index in [1.165, 1.54) is 11.8 Å². The third-order valence-corrected chi connectivity index (χ3v) is 4.41. The maximum atomic E-state index is 11.3. The summed E-state index contributed by atoms with van der Waals surface area (Å²) < 4.78 is 24.4. The summed E-state index contributed by atoms with van der Waals surface area (Å²) in [5, 5.41) is 7.91. The van der Waals surface area contributed by atoms with Crippen molar-refractivity contribution in [1.29, 1.82) is 0 Å². The zero-order valence-corrected chi connectivity index (χ0v) is 14.0. The van der Waals surface area contributed by atoms with E-state index in [0.29, 0.717) is 12.5 Å². The molecule has 0 saturated heterocycles. The molecule has 6 heteroatoms. The molecule has 0 aliphatic rings. The monoisotopic (exact) mass is 301 g/mol. The van der Waals surface area contributed by atoms with Crippen LogP contribution in [0.4, 0.5) is 0 Å². The van der Waals surface area contributed by atoms with E-state index in [4.69, 9.17) is 0 Å². The van der Waals surface area contributed by atoms with Gasteiger partial charge >= 0.3 is 0 Å². The Morgan fingerprint density at radius 3 is 2.55 bits per heavy atom. The molecule has 1 aromatic rings. The Hall–Kier alpha value is -0.880. The minimum absolute atomic E-state index is 0.136. The Kier molecular flexibility index (Phi) is 6.20. The van der Waals surface area contributed by atoms with Gasteiger partial charge in [0.25, 0.3) is 0 Å². The standard InChI is InChI=1S/C14H27N3O2S/c1-6-7-15-10-11(2)14-12(3)16-17(13(14)4)8-9-20(5,18)19/h11,15H,6-10H2,1-5H3. The quantitative estimate of drug-likeness (QED) is 0.742. The lowest BCUT2D eigenvalue weighted by Crippen LogP contribution is -2.21. The fourth-order valence-electron chi connectivity index (χ4n) is 2.49. The van der Waals surface area contributed by atoms with Crippen molar-refractivity contribution in [3.05, 3.63) is 17.0 Å². The minimum Gasteiger partial charge on any atom is -0.316 e. The van der Waals surface area contributed by atoms with E-state index in [9.17, 15) is 8.42 Å². The van der Waals surface area contributed by atoms with Crippen LogP contribution >= 0.6 is 0 Å². The highest BCUT2D eigenvalue weighted by molar-refractivity contribution is 7.90. The summed E-state index contributed by atoms with van der Waals surface area (Å²) in [4.78, 5) is 0. The Morgan fingerprint density at radius 1 is 1.35 bits per heavy atom. The number of nitrogens with zero attached hydrogens (tertiary/aromatic N) is 2. The van der Waals surface area contributed by atoms with Crippen LogP contribution in [0.3, 0.4) is 0 Å². The molecule has 1 aromatic heterocycles. The van der Waals surface area contributed by atoms with Gasteiger partial charge < -0.3 is 5.32 Å². The van der Waals surface area contributed by atoms with E-state index < -0.39 is 9.84 Å². The molecule has 0 aliphatic heterocycles. The molecular weight excluding hydrogens is 274 g/mol. The van der Waals surface area contributed by atoms with Crippen LogP contribution in [0.15, 0.2) is 0 Å². The number of nitrogens with one attached hydrogen (secondary N) is 1. The maximum absolute atomic E-state index is 11.3. The van der Waals surface area contributed by atoms with Crippen molar-refractivity contribution in [2.24, 2.45) is 0 Å². The van der Waals surface area contributed by atoms with Crippen LogP contribution in [0.25, 0.3) is 0 Å². The molecule has 0 bridgehead atoms. The van der Waals surface area contributed by atoms with E-state index >= 15 is 0 Å². The van der Waals surface area contributed by atoms with E-state index in [0.717, 1.165) is 30.9 Å². The molecule has 116 valence electrons. The first-order valence-electron chi connectivity index (χ1n) is 7.18. The Labute approximate surface area is 122 Å². The summed E-state index contributed by atoms with van der Waals surface area (Å²) >= 11 is 0.